The van der Waals surface area contributed by atoms with Gasteiger partial charge in [0.2, 0.25) is 11.9 Å². The number of nitrogens with one attached hydrogen (secondary N) is 2. The number of anilines is 1. The summed E-state index contributed by atoms with van der Waals surface area (Å²) in [6.07, 6.45) is 5.19. The number of carbonyl (C=O) groups is 1. The number of non-ortho nitro benzene ring substituents is 1. The second-order valence-corrected chi connectivity index (χ2v) is 7.11. The summed E-state index contributed by atoms with van der Waals surface area (Å²) < 4.78 is 1.70. The number of hydrogen-bond donors (Lipinski definition) is 2. The first kappa shape index (κ1) is 21.6. The summed E-state index contributed by atoms with van der Waals surface area (Å²) >= 11 is 0. The topological polar surface area (TPSA) is 128 Å². The van der Waals surface area contributed by atoms with E-state index in [1.165, 1.54) is 12.1 Å². The van der Waals surface area contributed by atoms with Crippen molar-refractivity contribution in [2.45, 2.75) is 6.42 Å². The minimum atomic E-state index is -0.449. The van der Waals surface area contributed by atoms with Gasteiger partial charge in [0.25, 0.3) is 5.69 Å². The third-order valence-corrected chi connectivity index (χ3v) is 4.81. The molecule has 4 aromatic rings. The fraction of sp³-hybridized carbons (Fsp3) is 0.130. The van der Waals surface area contributed by atoms with Crippen LogP contribution in [0.25, 0.3) is 16.9 Å². The van der Waals surface area contributed by atoms with Gasteiger partial charge in [0, 0.05) is 54.9 Å². The average Bonchev–Trinajstić information content (AvgIpc) is 3.27. The summed E-state index contributed by atoms with van der Waals surface area (Å²) in [6, 6.07) is 17.4. The van der Waals surface area contributed by atoms with Crippen LogP contribution >= 0.6 is 0 Å². The monoisotopic (exact) mass is 443 g/mol. The molecule has 2 aromatic carbocycles. The number of carbonyl (C=O) groups excluding carboxylic acids is 1. The Balaban J connectivity index is 1.48. The Morgan fingerprint density at radius 1 is 0.970 bits per heavy atom. The zero-order chi connectivity index (χ0) is 23.0. The highest BCUT2D eigenvalue weighted by atomic mass is 16.6. The van der Waals surface area contributed by atoms with E-state index in [1.807, 2.05) is 36.5 Å². The van der Waals surface area contributed by atoms with E-state index in [4.69, 9.17) is 0 Å². The second-order valence-electron chi connectivity index (χ2n) is 7.11. The van der Waals surface area contributed by atoms with Crippen LogP contribution in [0.15, 0.2) is 79.3 Å². The molecule has 0 fully saturated rings. The highest BCUT2D eigenvalue weighted by Crippen LogP contribution is 2.26. The van der Waals surface area contributed by atoms with Crippen molar-refractivity contribution in [2.24, 2.45) is 0 Å². The number of benzene rings is 2. The van der Waals surface area contributed by atoms with Gasteiger partial charge in [-0.25, -0.2) is 14.6 Å². The van der Waals surface area contributed by atoms with Gasteiger partial charge < -0.3 is 10.6 Å². The van der Waals surface area contributed by atoms with Crippen LogP contribution in [-0.4, -0.2) is 43.7 Å². The van der Waals surface area contributed by atoms with Crippen molar-refractivity contribution in [3.8, 4) is 16.9 Å². The molecule has 33 heavy (non-hydrogen) atoms. The van der Waals surface area contributed by atoms with E-state index in [1.54, 1.807) is 35.3 Å². The number of aromatic nitrogens is 4. The first-order valence-electron chi connectivity index (χ1n) is 10.3. The van der Waals surface area contributed by atoms with Crippen LogP contribution in [0.2, 0.25) is 0 Å². The largest absolute Gasteiger partial charge is 0.354 e. The number of hydrogen-bond acceptors (Lipinski definition) is 7. The van der Waals surface area contributed by atoms with E-state index in [0.717, 1.165) is 5.69 Å². The number of para-hydroxylation sites is 1. The minimum Gasteiger partial charge on any atom is -0.354 e. The molecular formula is C23H21N7O3. The Morgan fingerprint density at radius 3 is 2.39 bits per heavy atom. The van der Waals surface area contributed by atoms with Gasteiger partial charge in [-0.15, -0.1) is 0 Å². The Bertz CT molecular complexity index is 1230. The molecule has 10 heteroatoms. The first-order valence-corrected chi connectivity index (χ1v) is 10.3. The zero-order valence-electron chi connectivity index (χ0n) is 17.6. The molecule has 0 aliphatic heterocycles. The van der Waals surface area contributed by atoms with Crippen molar-refractivity contribution >= 4 is 17.5 Å². The SMILES string of the molecule is O=C(Cc1cn(-c2ccccc2)nc1-c1ccc([N+](=O)[O-])cc1)NCCNc1ncccn1. The molecule has 0 radical (unpaired) electrons. The van der Waals surface area contributed by atoms with Gasteiger partial charge in [-0.05, 0) is 30.3 Å². The molecule has 4 rings (SSSR count). The Hall–Kier alpha value is -4.60. The van der Waals surface area contributed by atoms with E-state index < -0.39 is 4.92 Å². The highest BCUT2D eigenvalue weighted by Gasteiger charge is 2.16. The first-order chi connectivity index (χ1) is 16.1. The molecule has 0 aliphatic carbocycles. The molecule has 2 heterocycles. The van der Waals surface area contributed by atoms with Crippen LogP contribution in [-0.2, 0) is 11.2 Å². The lowest BCUT2D eigenvalue weighted by Gasteiger charge is -2.07. The maximum atomic E-state index is 12.6. The summed E-state index contributed by atoms with van der Waals surface area (Å²) in [4.78, 5) is 31.3. The molecule has 0 saturated heterocycles. The van der Waals surface area contributed by atoms with E-state index >= 15 is 0 Å². The minimum absolute atomic E-state index is 0.00423. The van der Waals surface area contributed by atoms with Crippen molar-refractivity contribution in [1.82, 2.24) is 25.1 Å². The normalized spacial score (nSPS) is 10.5. The van der Waals surface area contributed by atoms with E-state index in [-0.39, 0.29) is 18.0 Å². The second kappa shape index (κ2) is 10.1. The Morgan fingerprint density at radius 2 is 1.70 bits per heavy atom. The zero-order valence-corrected chi connectivity index (χ0v) is 17.6. The smallest absolute Gasteiger partial charge is 0.269 e. The fourth-order valence-corrected chi connectivity index (χ4v) is 3.24. The van der Waals surface area contributed by atoms with Crippen LogP contribution in [0.4, 0.5) is 11.6 Å². The number of amides is 1. The molecule has 0 unspecified atom stereocenters. The third-order valence-electron chi connectivity index (χ3n) is 4.81. The van der Waals surface area contributed by atoms with Gasteiger partial charge >= 0.3 is 0 Å². The lowest BCUT2D eigenvalue weighted by molar-refractivity contribution is -0.384. The molecule has 0 spiro atoms. The molecular weight excluding hydrogens is 422 g/mol. The van der Waals surface area contributed by atoms with Gasteiger partial charge in [0.1, 0.15) is 0 Å². The molecule has 166 valence electrons. The maximum absolute atomic E-state index is 12.6. The van der Waals surface area contributed by atoms with Gasteiger partial charge in [-0.2, -0.15) is 5.10 Å². The molecule has 0 aliphatic rings. The molecule has 0 atom stereocenters. The molecule has 10 nitrogen and oxygen atoms in total. The lowest BCUT2D eigenvalue weighted by atomic mass is 10.1. The molecule has 0 bridgehead atoms. The molecule has 0 saturated carbocycles. The molecule has 1 amide bonds. The van der Waals surface area contributed by atoms with Crippen molar-refractivity contribution < 1.29 is 9.72 Å². The van der Waals surface area contributed by atoms with Gasteiger partial charge in [0.05, 0.1) is 22.7 Å². The van der Waals surface area contributed by atoms with Gasteiger partial charge in [-0.3, -0.25) is 14.9 Å². The standard InChI is InChI=1S/C23H21N7O3/c31-21(24-13-14-27-23-25-11-4-12-26-23)15-18-16-29(19-5-2-1-3-6-19)28-22(18)17-7-9-20(10-8-17)30(32)33/h1-12,16H,13-15H2,(H,24,31)(H,25,26,27). The fourth-order valence-electron chi connectivity index (χ4n) is 3.24. The van der Waals surface area contributed by atoms with Crippen molar-refractivity contribution in [3.63, 3.8) is 0 Å². The van der Waals surface area contributed by atoms with E-state index in [2.05, 4.69) is 25.7 Å². The van der Waals surface area contributed by atoms with Crippen LogP contribution < -0.4 is 10.6 Å². The summed E-state index contributed by atoms with van der Waals surface area (Å²) in [5, 5.41) is 21.5. The summed E-state index contributed by atoms with van der Waals surface area (Å²) in [5.41, 5.74) is 2.85. The number of nitro groups is 1. The van der Waals surface area contributed by atoms with Crippen LogP contribution in [0.1, 0.15) is 5.56 Å². The Kier molecular flexibility index (Phi) is 6.64. The summed E-state index contributed by atoms with van der Waals surface area (Å²) in [6.45, 7) is 0.880. The lowest BCUT2D eigenvalue weighted by Crippen LogP contribution is -2.30. The molecule has 2 N–H and O–H groups in total. The summed E-state index contributed by atoms with van der Waals surface area (Å²) in [5.74, 6) is 0.331. The van der Waals surface area contributed by atoms with E-state index in [9.17, 15) is 14.9 Å². The summed E-state index contributed by atoms with van der Waals surface area (Å²) in [7, 11) is 0. The predicted molar refractivity (Wildman–Crippen MR) is 123 cm³/mol. The van der Waals surface area contributed by atoms with Crippen molar-refractivity contribution in [2.75, 3.05) is 18.4 Å². The van der Waals surface area contributed by atoms with Crippen molar-refractivity contribution in [3.05, 3.63) is 94.9 Å². The number of nitrogens with zero attached hydrogens (tertiary/aromatic N) is 5. The highest BCUT2D eigenvalue weighted by molar-refractivity contribution is 5.81. The molecule has 2 aromatic heterocycles. The number of nitro benzene ring substituents is 1. The third kappa shape index (κ3) is 5.56. The van der Waals surface area contributed by atoms with Crippen molar-refractivity contribution in [1.29, 1.82) is 0 Å². The predicted octanol–water partition coefficient (Wildman–Crippen LogP) is 3.01. The van der Waals surface area contributed by atoms with Gasteiger partial charge in [0.15, 0.2) is 0 Å². The van der Waals surface area contributed by atoms with Crippen LogP contribution in [0.3, 0.4) is 0 Å². The van der Waals surface area contributed by atoms with Gasteiger partial charge in [-0.1, -0.05) is 18.2 Å². The Labute approximate surface area is 189 Å². The quantitative estimate of drug-likeness (QED) is 0.231. The van der Waals surface area contributed by atoms with E-state index in [0.29, 0.717) is 35.9 Å². The maximum Gasteiger partial charge on any atom is 0.269 e. The van der Waals surface area contributed by atoms with Crippen LogP contribution in [0, 0.1) is 10.1 Å². The van der Waals surface area contributed by atoms with Crippen LogP contribution in [0.5, 0.6) is 0 Å². The average molecular weight is 443 g/mol. The number of rotatable bonds is 9.